The number of anilines is 2. The van der Waals surface area contributed by atoms with E-state index >= 15 is 0 Å². The first kappa shape index (κ1) is 22.6. The number of para-hydroxylation sites is 1. The predicted octanol–water partition coefficient (Wildman–Crippen LogP) is 4.15. The number of esters is 1. The van der Waals surface area contributed by atoms with Crippen LogP contribution < -0.4 is 4.90 Å². The Morgan fingerprint density at radius 1 is 1.10 bits per heavy atom. The van der Waals surface area contributed by atoms with Gasteiger partial charge in [0.15, 0.2) is 15.0 Å². The second kappa shape index (κ2) is 9.40. The molecule has 162 valence electrons. The first-order valence-corrected chi connectivity index (χ1v) is 12.3. The van der Waals surface area contributed by atoms with Gasteiger partial charge in [-0.3, -0.25) is 9.69 Å². The number of aryl methyl sites for hydroxylation is 1. The molecule has 1 amide bonds. The van der Waals surface area contributed by atoms with Crippen molar-refractivity contribution in [1.29, 1.82) is 0 Å². The fourth-order valence-electron chi connectivity index (χ4n) is 2.96. The molecule has 7 nitrogen and oxygen atoms in total. The molecule has 0 aliphatic rings. The molecule has 0 saturated carbocycles. The van der Waals surface area contributed by atoms with Crippen LogP contribution >= 0.6 is 11.3 Å². The second-order valence-corrected chi connectivity index (χ2v) is 9.68. The highest BCUT2D eigenvalue weighted by molar-refractivity contribution is 7.90. The molecule has 2 aromatic carbocycles. The van der Waals surface area contributed by atoms with Gasteiger partial charge in [0.2, 0.25) is 5.91 Å². The van der Waals surface area contributed by atoms with Gasteiger partial charge in [0, 0.05) is 18.6 Å². The minimum atomic E-state index is -3.33. The number of hydrogen-bond donors (Lipinski definition) is 0. The Balaban J connectivity index is 1.73. The summed E-state index contributed by atoms with van der Waals surface area (Å²) in [5, 5.41) is 2.23. The van der Waals surface area contributed by atoms with Gasteiger partial charge >= 0.3 is 5.97 Å². The number of ether oxygens (including phenoxy) is 1. The van der Waals surface area contributed by atoms with Crippen LogP contribution in [0, 0.1) is 0 Å². The van der Waals surface area contributed by atoms with Gasteiger partial charge in [0.1, 0.15) is 6.61 Å². The summed E-state index contributed by atoms with van der Waals surface area (Å²) >= 11 is 1.29. The Labute approximate surface area is 185 Å². The van der Waals surface area contributed by atoms with E-state index in [1.165, 1.54) is 42.5 Å². The third-order valence-electron chi connectivity index (χ3n) is 4.53. The largest absolute Gasteiger partial charge is 0.456 e. The molecule has 3 rings (SSSR count). The maximum atomic E-state index is 12.3. The number of thiazole rings is 1. The van der Waals surface area contributed by atoms with Crippen molar-refractivity contribution in [2.45, 2.75) is 31.8 Å². The molecule has 0 fully saturated rings. The smallest absolute Gasteiger partial charge is 0.338 e. The number of carbonyl (C=O) groups is 2. The monoisotopic (exact) mass is 458 g/mol. The third kappa shape index (κ3) is 5.36. The van der Waals surface area contributed by atoms with E-state index in [9.17, 15) is 18.0 Å². The summed E-state index contributed by atoms with van der Waals surface area (Å²) in [7, 11) is -3.33. The van der Waals surface area contributed by atoms with Crippen molar-refractivity contribution in [3.63, 3.8) is 0 Å². The van der Waals surface area contributed by atoms with Gasteiger partial charge in [-0.25, -0.2) is 18.2 Å². The second-order valence-electron chi connectivity index (χ2n) is 6.83. The number of amides is 1. The highest BCUT2D eigenvalue weighted by Gasteiger charge is 2.20. The molecule has 9 heteroatoms. The standard InChI is InChI=1S/C22H22N2O5S2/c1-4-16-7-5-6-8-20(16)24(15(2)25)22-23-18(14-30-22)13-29-21(26)17-9-11-19(12-10-17)31(3,27)28/h5-12,14H,4,13H2,1-3H3. The molecule has 0 N–H and O–H groups in total. The van der Waals surface area contributed by atoms with Crippen molar-refractivity contribution in [3.05, 3.63) is 70.7 Å². The van der Waals surface area contributed by atoms with E-state index in [2.05, 4.69) is 4.98 Å². The zero-order valence-corrected chi connectivity index (χ0v) is 19.0. The third-order valence-corrected chi connectivity index (χ3v) is 6.53. The molecule has 0 saturated heterocycles. The number of benzene rings is 2. The number of rotatable bonds is 7. The molecule has 0 aliphatic heterocycles. The molecule has 1 heterocycles. The minimum absolute atomic E-state index is 0.0651. The molecular formula is C22H22N2O5S2. The van der Waals surface area contributed by atoms with Crippen molar-refractivity contribution >= 4 is 43.9 Å². The number of aromatic nitrogens is 1. The van der Waals surface area contributed by atoms with Crippen LogP contribution in [0.5, 0.6) is 0 Å². The Kier molecular flexibility index (Phi) is 6.87. The SMILES string of the molecule is CCc1ccccc1N(C(C)=O)c1nc(COC(=O)c2ccc(S(C)(=O)=O)cc2)cs1. The molecule has 0 spiro atoms. The maximum Gasteiger partial charge on any atom is 0.338 e. The van der Waals surface area contributed by atoms with Gasteiger partial charge < -0.3 is 4.74 Å². The Hall–Kier alpha value is -3.04. The Morgan fingerprint density at radius 2 is 1.77 bits per heavy atom. The summed E-state index contributed by atoms with van der Waals surface area (Å²) in [4.78, 5) is 30.8. The summed E-state index contributed by atoms with van der Waals surface area (Å²) < 4.78 is 28.3. The Bertz CT molecular complexity index is 1200. The lowest BCUT2D eigenvalue weighted by atomic mass is 10.1. The molecule has 31 heavy (non-hydrogen) atoms. The first-order chi connectivity index (χ1) is 14.7. The lowest BCUT2D eigenvalue weighted by molar-refractivity contribution is -0.115. The maximum absolute atomic E-state index is 12.3. The van der Waals surface area contributed by atoms with E-state index in [0.29, 0.717) is 10.8 Å². The molecule has 0 atom stereocenters. The van der Waals surface area contributed by atoms with E-state index in [0.717, 1.165) is 23.9 Å². The number of nitrogens with zero attached hydrogens (tertiary/aromatic N) is 2. The van der Waals surface area contributed by atoms with Crippen molar-refractivity contribution in [1.82, 2.24) is 4.98 Å². The fraction of sp³-hybridized carbons (Fsp3) is 0.227. The van der Waals surface area contributed by atoms with Gasteiger partial charge in [-0.05, 0) is 42.3 Å². The van der Waals surface area contributed by atoms with E-state index < -0.39 is 15.8 Å². The summed E-state index contributed by atoms with van der Waals surface area (Å²) in [6, 6.07) is 13.2. The summed E-state index contributed by atoms with van der Waals surface area (Å²) in [6.07, 6.45) is 1.87. The van der Waals surface area contributed by atoms with E-state index in [4.69, 9.17) is 4.74 Å². The van der Waals surface area contributed by atoms with Crippen LogP contribution in [0.3, 0.4) is 0 Å². The zero-order valence-electron chi connectivity index (χ0n) is 17.4. The molecule has 0 unspecified atom stereocenters. The average molecular weight is 459 g/mol. The van der Waals surface area contributed by atoms with Crippen LogP contribution in [0.15, 0.2) is 58.8 Å². The molecular weight excluding hydrogens is 436 g/mol. The highest BCUT2D eigenvalue weighted by Crippen LogP contribution is 2.32. The lowest BCUT2D eigenvalue weighted by Crippen LogP contribution is -2.23. The predicted molar refractivity (Wildman–Crippen MR) is 119 cm³/mol. The van der Waals surface area contributed by atoms with Crippen LogP contribution in [0.2, 0.25) is 0 Å². The minimum Gasteiger partial charge on any atom is -0.456 e. The summed E-state index contributed by atoms with van der Waals surface area (Å²) in [6.45, 7) is 3.43. The van der Waals surface area contributed by atoms with Crippen LogP contribution in [0.1, 0.15) is 35.5 Å². The van der Waals surface area contributed by atoms with Crippen molar-refractivity contribution in [2.24, 2.45) is 0 Å². The fourth-order valence-corrected chi connectivity index (χ4v) is 4.46. The van der Waals surface area contributed by atoms with Gasteiger partial charge in [-0.1, -0.05) is 25.1 Å². The number of hydrogen-bond acceptors (Lipinski definition) is 7. The first-order valence-electron chi connectivity index (χ1n) is 9.51. The van der Waals surface area contributed by atoms with Crippen molar-refractivity contribution in [2.75, 3.05) is 11.2 Å². The van der Waals surface area contributed by atoms with Gasteiger partial charge in [-0.15, -0.1) is 11.3 Å². The normalized spacial score (nSPS) is 11.2. The van der Waals surface area contributed by atoms with Crippen molar-refractivity contribution < 1.29 is 22.7 Å². The summed E-state index contributed by atoms with van der Waals surface area (Å²) in [5.41, 5.74) is 2.56. The van der Waals surface area contributed by atoms with Crippen LogP contribution in [0.4, 0.5) is 10.8 Å². The molecule has 0 radical (unpaired) electrons. The van der Waals surface area contributed by atoms with E-state index in [-0.39, 0.29) is 23.0 Å². The Morgan fingerprint density at radius 3 is 2.39 bits per heavy atom. The quantitative estimate of drug-likeness (QED) is 0.494. The van der Waals surface area contributed by atoms with Gasteiger partial charge in [0.05, 0.1) is 21.8 Å². The molecule has 3 aromatic rings. The van der Waals surface area contributed by atoms with Crippen LogP contribution in [-0.4, -0.2) is 31.5 Å². The average Bonchev–Trinajstić information content (AvgIpc) is 3.20. The molecule has 1 aromatic heterocycles. The topological polar surface area (TPSA) is 93.6 Å². The number of sulfone groups is 1. The van der Waals surface area contributed by atoms with Gasteiger partial charge in [0.25, 0.3) is 0 Å². The van der Waals surface area contributed by atoms with Crippen LogP contribution in [0.25, 0.3) is 0 Å². The lowest BCUT2D eigenvalue weighted by Gasteiger charge is -2.20. The van der Waals surface area contributed by atoms with Gasteiger partial charge in [-0.2, -0.15) is 0 Å². The van der Waals surface area contributed by atoms with Crippen LogP contribution in [-0.2, 0) is 32.4 Å². The number of carbonyl (C=O) groups excluding carboxylic acids is 2. The summed E-state index contributed by atoms with van der Waals surface area (Å²) in [5.74, 6) is -0.751. The highest BCUT2D eigenvalue weighted by atomic mass is 32.2. The molecule has 0 aliphatic carbocycles. The molecule has 0 bridgehead atoms. The zero-order chi connectivity index (χ0) is 22.6. The van der Waals surface area contributed by atoms with E-state index in [1.807, 2.05) is 31.2 Å². The van der Waals surface area contributed by atoms with Crippen molar-refractivity contribution in [3.8, 4) is 0 Å². The van der Waals surface area contributed by atoms with E-state index in [1.54, 1.807) is 10.3 Å².